The normalized spacial score (nSPS) is 10.8. The van der Waals surface area contributed by atoms with Gasteiger partial charge in [0.05, 0.1) is 0 Å². The van der Waals surface area contributed by atoms with E-state index in [1.165, 1.54) is 11.6 Å². The highest BCUT2D eigenvalue weighted by Gasteiger charge is 2.01. The fourth-order valence-electron chi connectivity index (χ4n) is 1.61. The van der Waals surface area contributed by atoms with Gasteiger partial charge in [-0.3, -0.25) is 4.79 Å². The van der Waals surface area contributed by atoms with E-state index in [9.17, 15) is 4.79 Å². The number of benzene rings is 2. The van der Waals surface area contributed by atoms with Crippen LogP contribution in [0, 0.1) is 6.92 Å². The van der Waals surface area contributed by atoms with Crippen molar-refractivity contribution in [2.45, 2.75) is 6.92 Å². The first-order valence-electron chi connectivity index (χ1n) is 6.05. The molecule has 2 aromatic carbocycles. The van der Waals surface area contributed by atoms with Crippen molar-refractivity contribution in [1.29, 1.82) is 0 Å². The van der Waals surface area contributed by atoms with E-state index in [1.54, 1.807) is 18.3 Å². The van der Waals surface area contributed by atoms with E-state index in [0.29, 0.717) is 5.56 Å². The molecule has 1 N–H and O–H groups in total. The van der Waals surface area contributed by atoms with Gasteiger partial charge in [0, 0.05) is 32.5 Å². The Morgan fingerprint density at radius 1 is 1.10 bits per heavy atom. The smallest absolute Gasteiger partial charge is 0.187 e. The standard InChI is InChI=1S/C16H13Br2NO/c1-11-2-7-14(10-15(11)18)19-9-8-16(20)12-3-5-13(17)6-4-12/h2-10,19H,1H3/b9-8+. The van der Waals surface area contributed by atoms with Crippen molar-refractivity contribution in [3.8, 4) is 0 Å². The molecule has 2 nitrogen and oxygen atoms in total. The third-order valence-electron chi connectivity index (χ3n) is 2.79. The van der Waals surface area contributed by atoms with Gasteiger partial charge in [0.15, 0.2) is 5.78 Å². The maximum absolute atomic E-state index is 11.9. The number of carbonyl (C=O) groups is 1. The molecule has 0 saturated carbocycles. The predicted octanol–water partition coefficient (Wildman–Crippen LogP) is 5.33. The lowest BCUT2D eigenvalue weighted by atomic mass is 10.1. The highest BCUT2D eigenvalue weighted by molar-refractivity contribution is 9.10. The summed E-state index contributed by atoms with van der Waals surface area (Å²) in [6, 6.07) is 13.2. The van der Waals surface area contributed by atoms with Gasteiger partial charge in [-0.2, -0.15) is 0 Å². The van der Waals surface area contributed by atoms with E-state index < -0.39 is 0 Å². The first kappa shape index (κ1) is 15.0. The van der Waals surface area contributed by atoms with Crippen LogP contribution in [0.15, 0.2) is 63.7 Å². The van der Waals surface area contributed by atoms with Crippen molar-refractivity contribution in [3.05, 3.63) is 74.8 Å². The second-order valence-electron chi connectivity index (χ2n) is 4.31. The maximum Gasteiger partial charge on any atom is 0.187 e. The molecule has 0 fully saturated rings. The Morgan fingerprint density at radius 2 is 1.80 bits per heavy atom. The van der Waals surface area contributed by atoms with Crippen LogP contribution in [0.2, 0.25) is 0 Å². The molecule has 0 unspecified atom stereocenters. The fraction of sp³-hybridized carbons (Fsp3) is 0.0625. The molecule has 0 aliphatic rings. The lowest BCUT2D eigenvalue weighted by Crippen LogP contribution is -1.96. The number of allylic oxidation sites excluding steroid dienone is 1. The van der Waals surface area contributed by atoms with Crippen LogP contribution in [-0.4, -0.2) is 5.78 Å². The van der Waals surface area contributed by atoms with Gasteiger partial charge in [0.2, 0.25) is 0 Å². The molecule has 2 aromatic rings. The van der Waals surface area contributed by atoms with Gasteiger partial charge >= 0.3 is 0 Å². The van der Waals surface area contributed by atoms with Crippen molar-refractivity contribution >= 4 is 43.3 Å². The van der Waals surface area contributed by atoms with Gasteiger partial charge in [-0.05, 0) is 48.9 Å². The van der Waals surface area contributed by atoms with Crippen molar-refractivity contribution in [3.63, 3.8) is 0 Å². The summed E-state index contributed by atoms with van der Waals surface area (Å²) in [5.41, 5.74) is 2.77. The Hall–Kier alpha value is -1.39. The molecule has 0 radical (unpaired) electrons. The number of aryl methyl sites for hydroxylation is 1. The number of nitrogens with one attached hydrogen (secondary N) is 1. The van der Waals surface area contributed by atoms with Gasteiger partial charge < -0.3 is 5.32 Å². The van der Waals surface area contributed by atoms with Gasteiger partial charge in [-0.1, -0.05) is 37.9 Å². The van der Waals surface area contributed by atoms with Crippen LogP contribution in [0.5, 0.6) is 0 Å². The average Bonchev–Trinajstić information content (AvgIpc) is 2.43. The van der Waals surface area contributed by atoms with Crippen LogP contribution in [0.4, 0.5) is 5.69 Å². The first-order valence-corrected chi connectivity index (χ1v) is 7.64. The number of anilines is 1. The Kier molecular flexibility index (Phi) is 5.15. The second kappa shape index (κ2) is 6.86. The minimum absolute atomic E-state index is 0.0313. The summed E-state index contributed by atoms with van der Waals surface area (Å²) in [7, 11) is 0. The quantitative estimate of drug-likeness (QED) is 0.560. The number of rotatable bonds is 4. The molecule has 102 valence electrons. The molecule has 0 heterocycles. The molecule has 2 rings (SSSR count). The number of hydrogen-bond acceptors (Lipinski definition) is 2. The summed E-state index contributed by atoms with van der Waals surface area (Å²) in [5, 5.41) is 3.08. The fourth-order valence-corrected chi connectivity index (χ4v) is 2.25. The molecule has 0 atom stereocenters. The van der Waals surface area contributed by atoms with Crippen molar-refractivity contribution < 1.29 is 4.79 Å². The molecule has 0 bridgehead atoms. The lowest BCUT2D eigenvalue weighted by Gasteiger charge is -2.03. The molecule has 0 aliphatic carbocycles. The van der Waals surface area contributed by atoms with Crippen molar-refractivity contribution in [2.75, 3.05) is 5.32 Å². The van der Waals surface area contributed by atoms with Crippen LogP contribution in [0.1, 0.15) is 15.9 Å². The van der Waals surface area contributed by atoms with E-state index in [0.717, 1.165) is 14.6 Å². The first-order chi connectivity index (χ1) is 9.56. The van der Waals surface area contributed by atoms with Gasteiger partial charge in [0.1, 0.15) is 0 Å². The van der Waals surface area contributed by atoms with Crippen molar-refractivity contribution in [2.24, 2.45) is 0 Å². The molecule has 20 heavy (non-hydrogen) atoms. The van der Waals surface area contributed by atoms with Gasteiger partial charge in [-0.25, -0.2) is 0 Å². The van der Waals surface area contributed by atoms with Gasteiger partial charge in [0.25, 0.3) is 0 Å². The van der Waals surface area contributed by atoms with Crippen LogP contribution >= 0.6 is 31.9 Å². The second-order valence-corrected chi connectivity index (χ2v) is 6.08. The average molecular weight is 395 g/mol. The Labute approximate surface area is 135 Å². The number of hydrogen-bond donors (Lipinski definition) is 1. The number of halogens is 2. The molecule has 0 aliphatic heterocycles. The zero-order chi connectivity index (χ0) is 14.5. The summed E-state index contributed by atoms with van der Waals surface area (Å²) < 4.78 is 2.00. The van der Waals surface area contributed by atoms with Crippen LogP contribution in [0.25, 0.3) is 0 Å². The summed E-state index contributed by atoms with van der Waals surface area (Å²) in [6.07, 6.45) is 3.18. The van der Waals surface area contributed by atoms with Crippen molar-refractivity contribution in [1.82, 2.24) is 0 Å². The SMILES string of the molecule is Cc1ccc(N/C=C/C(=O)c2ccc(Br)cc2)cc1Br. The minimum atomic E-state index is -0.0313. The summed E-state index contributed by atoms with van der Waals surface area (Å²) in [6.45, 7) is 2.03. The third-order valence-corrected chi connectivity index (χ3v) is 4.17. The predicted molar refractivity (Wildman–Crippen MR) is 90.1 cm³/mol. The molecular formula is C16H13Br2NO. The van der Waals surface area contributed by atoms with Crippen LogP contribution in [-0.2, 0) is 0 Å². The largest absolute Gasteiger partial charge is 0.362 e. The monoisotopic (exact) mass is 393 g/mol. The zero-order valence-corrected chi connectivity index (χ0v) is 14.0. The number of carbonyl (C=O) groups excluding carboxylic acids is 1. The molecule has 0 spiro atoms. The van der Waals surface area contributed by atoms with E-state index in [2.05, 4.69) is 37.2 Å². The van der Waals surface area contributed by atoms with Crippen LogP contribution < -0.4 is 5.32 Å². The molecule has 0 amide bonds. The summed E-state index contributed by atoms with van der Waals surface area (Å²) in [5.74, 6) is -0.0313. The molecular weight excluding hydrogens is 382 g/mol. The summed E-state index contributed by atoms with van der Waals surface area (Å²) in [4.78, 5) is 11.9. The Morgan fingerprint density at radius 3 is 2.45 bits per heavy atom. The highest BCUT2D eigenvalue weighted by atomic mass is 79.9. The van der Waals surface area contributed by atoms with E-state index in [-0.39, 0.29) is 5.78 Å². The minimum Gasteiger partial charge on any atom is -0.362 e. The number of ketones is 1. The van der Waals surface area contributed by atoms with E-state index >= 15 is 0 Å². The summed E-state index contributed by atoms with van der Waals surface area (Å²) >= 11 is 6.82. The maximum atomic E-state index is 11.9. The Balaban J connectivity index is 2.00. The molecule has 0 aromatic heterocycles. The van der Waals surface area contributed by atoms with E-state index in [1.807, 2.05) is 37.3 Å². The van der Waals surface area contributed by atoms with Crippen LogP contribution in [0.3, 0.4) is 0 Å². The third kappa shape index (κ3) is 4.05. The molecule has 0 saturated heterocycles. The Bertz CT molecular complexity index is 648. The van der Waals surface area contributed by atoms with E-state index in [4.69, 9.17) is 0 Å². The highest BCUT2D eigenvalue weighted by Crippen LogP contribution is 2.20. The molecule has 4 heteroatoms. The topological polar surface area (TPSA) is 29.1 Å². The zero-order valence-electron chi connectivity index (χ0n) is 10.9. The lowest BCUT2D eigenvalue weighted by molar-refractivity contribution is 0.104. The van der Waals surface area contributed by atoms with Gasteiger partial charge in [-0.15, -0.1) is 0 Å².